The molecular weight excluding hydrogens is 428 g/mol. The number of nitrogens with zero attached hydrogens (tertiary/aromatic N) is 3. The van der Waals surface area contributed by atoms with Gasteiger partial charge in [0, 0.05) is 16.1 Å². The van der Waals surface area contributed by atoms with E-state index < -0.39 is 0 Å². The summed E-state index contributed by atoms with van der Waals surface area (Å²) in [5.74, 6) is 0.808. The van der Waals surface area contributed by atoms with Crippen molar-refractivity contribution in [3.63, 3.8) is 0 Å². The van der Waals surface area contributed by atoms with Crippen molar-refractivity contribution in [2.24, 2.45) is 0 Å². The third-order valence-corrected chi connectivity index (χ3v) is 7.14. The largest absolute Gasteiger partial charge is 0.497 e. The molecule has 2 aromatic heterocycles. The summed E-state index contributed by atoms with van der Waals surface area (Å²) in [7, 11) is 1.63. The second-order valence-corrected chi connectivity index (χ2v) is 9.32. The van der Waals surface area contributed by atoms with Gasteiger partial charge in [-0.2, -0.15) is 5.26 Å². The van der Waals surface area contributed by atoms with Gasteiger partial charge in [-0.1, -0.05) is 11.8 Å². The molecule has 2 heterocycles. The Morgan fingerprint density at radius 1 is 1.26 bits per heavy atom. The molecule has 4 rings (SSSR count). The van der Waals surface area contributed by atoms with Crippen LogP contribution in [-0.2, 0) is 17.6 Å². The van der Waals surface area contributed by atoms with Gasteiger partial charge in [-0.25, -0.2) is 9.97 Å². The van der Waals surface area contributed by atoms with Crippen molar-refractivity contribution in [1.29, 1.82) is 5.26 Å². The predicted octanol–water partition coefficient (Wildman–Crippen LogP) is 5.00. The molecule has 0 saturated heterocycles. The first-order valence-corrected chi connectivity index (χ1v) is 11.8. The minimum absolute atomic E-state index is 0.156. The van der Waals surface area contributed by atoms with Crippen molar-refractivity contribution in [3.8, 4) is 23.1 Å². The summed E-state index contributed by atoms with van der Waals surface area (Å²) in [6, 6.07) is 11.9. The molecule has 0 radical (unpaired) electrons. The van der Waals surface area contributed by atoms with Crippen molar-refractivity contribution in [1.82, 2.24) is 9.97 Å². The van der Waals surface area contributed by atoms with Crippen LogP contribution in [0.4, 0.5) is 5.00 Å². The van der Waals surface area contributed by atoms with Crippen LogP contribution in [0.15, 0.2) is 35.5 Å². The molecule has 0 spiro atoms. The second kappa shape index (κ2) is 9.50. The van der Waals surface area contributed by atoms with Crippen LogP contribution in [0.3, 0.4) is 0 Å². The van der Waals surface area contributed by atoms with Crippen LogP contribution in [0.5, 0.6) is 5.75 Å². The van der Waals surface area contributed by atoms with E-state index in [1.807, 2.05) is 37.3 Å². The number of aromatic nitrogens is 2. The van der Waals surface area contributed by atoms with E-state index in [0.29, 0.717) is 15.7 Å². The van der Waals surface area contributed by atoms with Crippen LogP contribution in [0.1, 0.15) is 34.5 Å². The van der Waals surface area contributed by atoms with Crippen molar-refractivity contribution >= 4 is 34.0 Å². The van der Waals surface area contributed by atoms with Gasteiger partial charge < -0.3 is 10.1 Å². The van der Waals surface area contributed by atoms with E-state index in [1.54, 1.807) is 7.11 Å². The third-order valence-electron chi connectivity index (χ3n) is 5.09. The van der Waals surface area contributed by atoms with Crippen LogP contribution in [-0.4, -0.2) is 28.7 Å². The lowest BCUT2D eigenvalue weighted by molar-refractivity contribution is -0.113. The van der Waals surface area contributed by atoms with Crippen LogP contribution >= 0.6 is 23.1 Å². The Labute approximate surface area is 189 Å². The average molecular weight is 451 g/mol. The summed E-state index contributed by atoms with van der Waals surface area (Å²) >= 11 is 2.83. The SMILES string of the molecule is COc1ccc(-c2cc(C)nc(SCC(=O)Nc3sc4c(c3C#N)CCCC4)n2)cc1. The molecule has 0 unspecified atom stereocenters. The van der Waals surface area contributed by atoms with Gasteiger partial charge in [-0.05, 0) is 68.5 Å². The standard InChI is InChI=1S/C23H22N4O2S2/c1-14-11-19(15-7-9-16(29-2)10-8-15)26-23(25-14)30-13-21(28)27-22-18(12-24)17-5-3-4-6-20(17)31-22/h7-11H,3-6,13H2,1-2H3,(H,27,28). The zero-order valence-electron chi connectivity index (χ0n) is 17.4. The number of carbonyl (C=O) groups excluding carboxylic acids is 1. The maximum absolute atomic E-state index is 12.6. The van der Waals surface area contributed by atoms with Crippen LogP contribution in [0.2, 0.25) is 0 Å². The van der Waals surface area contributed by atoms with E-state index in [0.717, 1.165) is 53.9 Å². The number of benzene rings is 1. The number of nitriles is 1. The van der Waals surface area contributed by atoms with Gasteiger partial charge in [0.05, 0.1) is 24.1 Å². The van der Waals surface area contributed by atoms with Crippen LogP contribution < -0.4 is 10.1 Å². The van der Waals surface area contributed by atoms with E-state index in [2.05, 4.69) is 21.4 Å². The molecule has 1 amide bonds. The number of ether oxygens (including phenoxy) is 1. The lowest BCUT2D eigenvalue weighted by Crippen LogP contribution is -2.14. The Balaban J connectivity index is 1.44. The summed E-state index contributed by atoms with van der Waals surface area (Å²) in [5.41, 5.74) is 4.34. The van der Waals surface area contributed by atoms with Gasteiger partial charge in [0.15, 0.2) is 5.16 Å². The second-order valence-electron chi connectivity index (χ2n) is 7.27. The Bertz CT molecular complexity index is 1150. The molecule has 1 N–H and O–H groups in total. The molecule has 8 heteroatoms. The number of anilines is 1. The summed E-state index contributed by atoms with van der Waals surface area (Å²) < 4.78 is 5.21. The lowest BCUT2D eigenvalue weighted by atomic mass is 9.96. The number of fused-ring (bicyclic) bond motifs is 1. The lowest BCUT2D eigenvalue weighted by Gasteiger charge is -2.09. The normalized spacial score (nSPS) is 12.7. The van der Waals surface area contributed by atoms with E-state index in [9.17, 15) is 10.1 Å². The Morgan fingerprint density at radius 3 is 2.77 bits per heavy atom. The number of nitrogens with one attached hydrogen (secondary N) is 1. The van der Waals surface area contributed by atoms with Gasteiger partial charge >= 0.3 is 0 Å². The molecular formula is C23H22N4O2S2. The topological polar surface area (TPSA) is 87.9 Å². The fraction of sp³-hybridized carbons (Fsp3) is 0.304. The number of thioether (sulfide) groups is 1. The molecule has 0 bridgehead atoms. The first-order valence-electron chi connectivity index (χ1n) is 10.0. The highest BCUT2D eigenvalue weighted by Crippen LogP contribution is 2.37. The molecule has 0 saturated carbocycles. The number of hydrogen-bond acceptors (Lipinski definition) is 7. The van der Waals surface area contributed by atoms with E-state index >= 15 is 0 Å². The fourth-order valence-corrected chi connectivity index (χ4v) is 5.54. The van der Waals surface area contributed by atoms with Gasteiger partial charge in [-0.15, -0.1) is 11.3 Å². The highest BCUT2D eigenvalue weighted by atomic mass is 32.2. The molecule has 3 aromatic rings. The zero-order valence-corrected chi connectivity index (χ0v) is 19.0. The number of aryl methyl sites for hydroxylation is 2. The molecule has 0 fully saturated rings. The number of methoxy groups -OCH3 is 1. The monoisotopic (exact) mass is 450 g/mol. The third kappa shape index (κ3) is 4.89. The average Bonchev–Trinajstić information content (AvgIpc) is 3.14. The zero-order chi connectivity index (χ0) is 21.8. The molecule has 1 aliphatic rings. The highest BCUT2D eigenvalue weighted by Gasteiger charge is 2.22. The minimum atomic E-state index is -0.156. The predicted molar refractivity (Wildman–Crippen MR) is 124 cm³/mol. The maximum Gasteiger partial charge on any atom is 0.235 e. The van der Waals surface area contributed by atoms with Crippen molar-refractivity contribution in [2.45, 2.75) is 37.8 Å². The molecule has 1 aromatic carbocycles. The van der Waals surface area contributed by atoms with Gasteiger partial charge in [0.25, 0.3) is 0 Å². The molecule has 158 valence electrons. The quantitative estimate of drug-likeness (QED) is 0.420. The highest BCUT2D eigenvalue weighted by molar-refractivity contribution is 7.99. The summed E-state index contributed by atoms with van der Waals surface area (Å²) in [6.07, 6.45) is 4.15. The van der Waals surface area contributed by atoms with E-state index in [-0.39, 0.29) is 11.7 Å². The van der Waals surface area contributed by atoms with Crippen LogP contribution in [0.25, 0.3) is 11.3 Å². The van der Waals surface area contributed by atoms with Crippen molar-refractivity contribution in [2.75, 3.05) is 18.2 Å². The summed E-state index contributed by atoms with van der Waals surface area (Å²) in [5, 5.41) is 13.7. The molecule has 31 heavy (non-hydrogen) atoms. The number of hydrogen-bond donors (Lipinski definition) is 1. The number of rotatable bonds is 6. The Hall–Kier alpha value is -2.89. The number of thiophene rings is 1. The van der Waals surface area contributed by atoms with Crippen molar-refractivity contribution in [3.05, 3.63) is 52.0 Å². The Kier molecular flexibility index (Phi) is 6.54. The maximum atomic E-state index is 12.6. The summed E-state index contributed by atoms with van der Waals surface area (Å²) in [4.78, 5) is 22.9. The molecule has 1 aliphatic carbocycles. The van der Waals surface area contributed by atoms with E-state index in [1.165, 1.54) is 28.0 Å². The number of amides is 1. The van der Waals surface area contributed by atoms with Gasteiger partial charge in [0.2, 0.25) is 5.91 Å². The number of carbonyl (C=O) groups is 1. The van der Waals surface area contributed by atoms with Crippen molar-refractivity contribution < 1.29 is 9.53 Å². The molecule has 6 nitrogen and oxygen atoms in total. The summed E-state index contributed by atoms with van der Waals surface area (Å²) in [6.45, 7) is 1.91. The van der Waals surface area contributed by atoms with E-state index in [4.69, 9.17) is 4.74 Å². The van der Waals surface area contributed by atoms with Gasteiger partial charge in [0.1, 0.15) is 16.8 Å². The first kappa shape index (κ1) is 21.3. The molecule has 0 atom stereocenters. The van der Waals surface area contributed by atoms with Gasteiger partial charge in [-0.3, -0.25) is 4.79 Å². The Morgan fingerprint density at radius 2 is 2.03 bits per heavy atom. The fourth-order valence-electron chi connectivity index (χ4n) is 3.58. The minimum Gasteiger partial charge on any atom is -0.497 e. The molecule has 0 aliphatic heterocycles. The van der Waals surface area contributed by atoms with Crippen LogP contribution in [0, 0.1) is 18.3 Å². The first-order chi connectivity index (χ1) is 15.1. The smallest absolute Gasteiger partial charge is 0.235 e.